The number of rotatable bonds is 5. The van der Waals surface area contributed by atoms with Gasteiger partial charge in [-0.1, -0.05) is 42.5 Å². The highest BCUT2D eigenvalue weighted by molar-refractivity contribution is 6.16. The minimum absolute atomic E-state index is 0.146. The van der Waals surface area contributed by atoms with Crippen molar-refractivity contribution in [3.05, 3.63) is 95.9 Å². The molecule has 0 radical (unpaired) electrons. The molecule has 1 aliphatic carbocycles. The fourth-order valence-corrected chi connectivity index (χ4v) is 3.97. The quantitative estimate of drug-likeness (QED) is 0.345. The van der Waals surface area contributed by atoms with Gasteiger partial charge in [0.25, 0.3) is 0 Å². The third-order valence-corrected chi connectivity index (χ3v) is 5.44. The van der Waals surface area contributed by atoms with Crippen LogP contribution >= 0.6 is 0 Å². The third kappa shape index (κ3) is 3.24. The summed E-state index contributed by atoms with van der Waals surface area (Å²) in [5.74, 6) is -2.85. The van der Waals surface area contributed by atoms with Crippen molar-refractivity contribution < 1.29 is 9.59 Å². The average Bonchev–Trinajstić information content (AvgIpc) is 3.38. The van der Waals surface area contributed by atoms with Crippen LogP contribution in [0.1, 0.15) is 21.6 Å². The lowest BCUT2D eigenvalue weighted by molar-refractivity contribution is -0.117. The number of nitrogens with one attached hydrogen (secondary N) is 1. The topological polar surface area (TPSA) is 101 Å². The number of hydrogen-bond donors (Lipinski definition) is 1. The number of carbonyl (C=O) groups is 2. The molecule has 1 unspecified atom stereocenters. The first-order chi connectivity index (χ1) is 15.7. The number of ketones is 1. The van der Waals surface area contributed by atoms with Gasteiger partial charge in [0.2, 0.25) is 11.7 Å². The van der Waals surface area contributed by atoms with Gasteiger partial charge in [-0.2, -0.15) is 10.4 Å². The molecule has 0 bridgehead atoms. The molecular formula is C25H17N5O2. The molecule has 1 N–H and O–H groups in total. The highest BCUT2D eigenvalue weighted by atomic mass is 16.2. The number of aromatic nitrogens is 3. The van der Waals surface area contributed by atoms with Crippen LogP contribution in [0.15, 0.2) is 79.1 Å². The maximum absolute atomic E-state index is 13.4. The van der Waals surface area contributed by atoms with Gasteiger partial charge in [0.1, 0.15) is 5.69 Å². The molecule has 1 aliphatic rings. The maximum Gasteiger partial charge on any atom is 0.249 e. The zero-order chi connectivity index (χ0) is 22.1. The summed E-state index contributed by atoms with van der Waals surface area (Å²) < 4.78 is 1.72. The first kappa shape index (κ1) is 19.4. The fourth-order valence-electron chi connectivity index (χ4n) is 3.97. The lowest BCUT2D eigenvalue weighted by atomic mass is 9.98. The van der Waals surface area contributed by atoms with Gasteiger partial charge in [-0.05, 0) is 29.8 Å². The lowest BCUT2D eigenvalue weighted by Crippen LogP contribution is -2.29. The van der Waals surface area contributed by atoms with E-state index < -0.39 is 17.6 Å². The van der Waals surface area contributed by atoms with Crippen molar-refractivity contribution in [3.63, 3.8) is 0 Å². The van der Waals surface area contributed by atoms with E-state index in [1.54, 1.807) is 23.0 Å². The number of nitrogens with zero attached hydrogens (tertiary/aromatic N) is 4. The monoisotopic (exact) mass is 419 g/mol. The third-order valence-electron chi connectivity index (χ3n) is 5.44. The molecule has 2 heterocycles. The Kier molecular flexibility index (Phi) is 4.81. The summed E-state index contributed by atoms with van der Waals surface area (Å²) >= 11 is 0. The summed E-state index contributed by atoms with van der Waals surface area (Å²) in [5.41, 5.74) is 4.98. The Hall–Kier alpha value is -4.57. The van der Waals surface area contributed by atoms with Gasteiger partial charge in [-0.25, -0.2) is 4.68 Å². The molecular weight excluding hydrogens is 402 g/mol. The molecule has 32 heavy (non-hydrogen) atoms. The number of anilines is 1. The van der Waals surface area contributed by atoms with Gasteiger partial charge in [0.15, 0.2) is 5.92 Å². The van der Waals surface area contributed by atoms with Crippen LogP contribution in [0.2, 0.25) is 0 Å². The summed E-state index contributed by atoms with van der Waals surface area (Å²) in [5, 5.41) is 16.8. The van der Waals surface area contributed by atoms with Gasteiger partial charge in [-0.15, -0.1) is 0 Å². The Labute approximate surface area is 184 Å². The standard InChI is InChI=1S/C25H17N5O2/c26-14-21(25(32)28-17-8-6-12-27-15-17)24(31)22-20-13-16-7-4-5-11-19(16)23(20)30(29-22)18-9-2-1-3-10-18/h1-12,15,21H,13H2,(H,28,32). The summed E-state index contributed by atoms with van der Waals surface area (Å²) in [6.45, 7) is 0. The van der Waals surface area contributed by atoms with Gasteiger partial charge in [0.05, 0.1) is 29.3 Å². The maximum atomic E-state index is 13.4. The van der Waals surface area contributed by atoms with Crippen LogP contribution < -0.4 is 5.32 Å². The second-order valence-electron chi connectivity index (χ2n) is 7.41. The van der Waals surface area contributed by atoms with E-state index in [0.717, 1.165) is 28.1 Å². The van der Waals surface area contributed by atoms with E-state index in [2.05, 4.69) is 15.4 Å². The SMILES string of the molecule is N#CC(C(=O)Nc1cccnc1)C(=O)c1nn(-c2ccccc2)c2c1Cc1ccccc1-2. The number of amides is 1. The zero-order valence-electron chi connectivity index (χ0n) is 16.9. The van der Waals surface area contributed by atoms with E-state index in [1.807, 2.05) is 60.7 Å². The summed E-state index contributed by atoms with van der Waals surface area (Å²) in [4.78, 5) is 30.1. The second kappa shape index (κ2) is 7.93. The lowest BCUT2D eigenvalue weighted by Gasteiger charge is -2.09. The first-order valence-corrected chi connectivity index (χ1v) is 10.1. The number of pyridine rings is 1. The molecule has 2 aromatic carbocycles. The first-order valence-electron chi connectivity index (χ1n) is 10.1. The van der Waals surface area contributed by atoms with Crippen LogP contribution in [0.25, 0.3) is 16.9 Å². The van der Waals surface area contributed by atoms with Crippen molar-refractivity contribution in [2.45, 2.75) is 6.42 Å². The predicted octanol–water partition coefficient (Wildman–Crippen LogP) is 3.80. The van der Waals surface area contributed by atoms with E-state index >= 15 is 0 Å². The molecule has 0 spiro atoms. The van der Waals surface area contributed by atoms with Crippen LogP contribution in [0.4, 0.5) is 5.69 Å². The Morgan fingerprint density at radius 2 is 1.81 bits per heavy atom. The van der Waals surface area contributed by atoms with Crippen molar-refractivity contribution in [1.29, 1.82) is 5.26 Å². The predicted molar refractivity (Wildman–Crippen MR) is 118 cm³/mol. The van der Waals surface area contributed by atoms with Crippen LogP contribution in [0, 0.1) is 17.2 Å². The molecule has 7 nitrogen and oxygen atoms in total. The normalized spacial score (nSPS) is 12.3. The van der Waals surface area contributed by atoms with Crippen molar-refractivity contribution in [1.82, 2.24) is 14.8 Å². The van der Waals surface area contributed by atoms with E-state index in [1.165, 1.54) is 6.20 Å². The number of benzene rings is 2. The molecule has 0 aliphatic heterocycles. The van der Waals surface area contributed by atoms with Crippen LogP contribution in [0.3, 0.4) is 0 Å². The van der Waals surface area contributed by atoms with Gasteiger partial charge < -0.3 is 5.32 Å². The molecule has 0 saturated heterocycles. The van der Waals surface area contributed by atoms with Crippen molar-refractivity contribution in [2.24, 2.45) is 5.92 Å². The van der Waals surface area contributed by atoms with Crippen LogP contribution in [0.5, 0.6) is 0 Å². The second-order valence-corrected chi connectivity index (χ2v) is 7.41. The molecule has 7 heteroatoms. The molecule has 2 aromatic heterocycles. The van der Waals surface area contributed by atoms with Crippen molar-refractivity contribution in [3.8, 4) is 23.0 Å². The Morgan fingerprint density at radius 3 is 2.56 bits per heavy atom. The van der Waals surface area contributed by atoms with E-state index in [0.29, 0.717) is 12.1 Å². The fraction of sp³-hybridized carbons (Fsp3) is 0.0800. The number of para-hydroxylation sites is 1. The molecule has 1 amide bonds. The molecule has 0 saturated carbocycles. The van der Waals surface area contributed by atoms with Gasteiger partial charge in [0, 0.05) is 23.7 Å². The summed E-state index contributed by atoms with van der Waals surface area (Å²) in [7, 11) is 0. The summed E-state index contributed by atoms with van der Waals surface area (Å²) in [6, 6.07) is 22.5. The molecule has 1 atom stereocenters. The highest BCUT2D eigenvalue weighted by Gasteiger charge is 2.36. The molecule has 5 rings (SSSR count). The zero-order valence-corrected chi connectivity index (χ0v) is 16.9. The smallest absolute Gasteiger partial charge is 0.249 e. The number of carbonyl (C=O) groups excluding carboxylic acids is 2. The largest absolute Gasteiger partial charge is 0.323 e. The van der Waals surface area contributed by atoms with Crippen LogP contribution in [-0.4, -0.2) is 26.5 Å². The van der Waals surface area contributed by atoms with E-state index in [-0.39, 0.29) is 5.69 Å². The minimum Gasteiger partial charge on any atom is -0.323 e. The van der Waals surface area contributed by atoms with Gasteiger partial charge >= 0.3 is 0 Å². The molecule has 0 fully saturated rings. The summed E-state index contributed by atoms with van der Waals surface area (Å²) in [6.07, 6.45) is 3.54. The van der Waals surface area contributed by atoms with Crippen molar-refractivity contribution >= 4 is 17.4 Å². The Morgan fingerprint density at radius 1 is 1.03 bits per heavy atom. The molecule has 4 aromatic rings. The number of hydrogen-bond acceptors (Lipinski definition) is 5. The Balaban J connectivity index is 1.57. The minimum atomic E-state index is -1.53. The molecule has 154 valence electrons. The number of nitriles is 1. The highest BCUT2D eigenvalue weighted by Crippen LogP contribution is 2.40. The van der Waals surface area contributed by atoms with E-state index in [9.17, 15) is 14.9 Å². The van der Waals surface area contributed by atoms with E-state index in [4.69, 9.17) is 0 Å². The number of fused-ring (bicyclic) bond motifs is 3. The van der Waals surface area contributed by atoms with Gasteiger partial charge in [-0.3, -0.25) is 14.6 Å². The Bertz CT molecular complexity index is 1370. The number of Topliss-reactive ketones (excluding diaryl/α,β-unsaturated/α-hetero) is 1. The van der Waals surface area contributed by atoms with Crippen molar-refractivity contribution in [2.75, 3.05) is 5.32 Å². The average molecular weight is 419 g/mol. The van der Waals surface area contributed by atoms with Crippen LogP contribution in [-0.2, 0) is 11.2 Å².